The normalized spacial score (nSPS) is 22.2. The Morgan fingerprint density at radius 3 is 2.42 bits per heavy atom. The standard InChI is InChI=1S/C29H34FN3O5/c1-17-4-13-22-24(32(17)29(36)38-3)14-15-25-27(22)31-26(33(25)20-9-11-21(37-2)12-10-20)16-23(28(34)35)18-5-7-19(30)8-6-18/h5-8,14-15,17,20-21,23H,4,9-13,16H2,1-3H3,(H,34,35)/t17-,20-,21-,23?/m0/s1. The third kappa shape index (κ3) is 4.75. The minimum atomic E-state index is -0.981. The van der Waals surface area contributed by atoms with Crippen molar-refractivity contribution in [2.45, 2.75) is 76.0 Å². The number of aryl methyl sites for hydroxylation is 1. The molecule has 1 aromatic heterocycles. The summed E-state index contributed by atoms with van der Waals surface area (Å²) in [6, 6.07) is 9.74. The highest BCUT2D eigenvalue weighted by molar-refractivity contribution is 5.95. The molecule has 2 aromatic carbocycles. The fraction of sp³-hybridized carbons (Fsp3) is 0.483. The number of aliphatic carboxylic acids is 1. The fourth-order valence-corrected chi connectivity index (χ4v) is 6.14. The van der Waals surface area contributed by atoms with Crippen LogP contribution < -0.4 is 4.90 Å². The summed E-state index contributed by atoms with van der Waals surface area (Å²) in [4.78, 5) is 31.8. The zero-order valence-electron chi connectivity index (χ0n) is 22.0. The molecule has 2 heterocycles. The van der Waals surface area contributed by atoms with E-state index in [9.17, 15) is 19.1 Å². The number of hydrogen-bond donors (Lipinski definition) is 1. The highest BCUT2D eigenvalue weighted by Gasteiger charge is 2.34. The Morgan fingerprint density at radius 2 is 1.79 bits per heavy atom. The first-order valence-corrected chi connectivity index (χ1v) is 13.2. The number of anilines is 1. The molecule has 1 saturated carbocycles. The molecule has 202 valence electrons. The number of fused-ring (bicyclic) bond motifs is 3. The highest BCUT2D eigenvalue weighted by atomic mass is 19.1. The predicted molar refractivity (Wildman–Crippen MR) is 141 cm³/mol. The van der Waals surface area contributed by atoms with E-state index in [-0.39, 0.29) is 24.6 Å². The van der Waals surface area contributed by atoms with E-state index in [2.05, 4.69) is 4.57 Å². The molecule has 1 fully saturated rings. The van der Waals surface area contributed by atoms with E-state index in [1.807, 2.05) is 19.1 Å². The maximum atomic E-state index is 13.6. The van der Waals surface area contributed by atoms with Gasteiger partial charge < -0.3 is 19.1 Å². The molecule has 2 atom stereocenters. The molecule has 8 nitrogen and oxygen atoms in total. The average Bonchev–Trinajstić information content (AvgIpc) is 3.30. The number of imidazole rings is 1. The highest BCUT2D eigenvalue weighted by Crippen LogP contribution is 2.40. The molecule has 3 aromatic rings. The number of carboxylic acids is 1. The number of halogens is 1. The largest absolute Gasteiger partial charge is 0.481 e. The monoisotopic (exact) mass is 523 g/mol. The number of methoxy groups -OCH3 is 2. The Morgan fingerprint density at radius 1 is 1.08 bits per heavy atom. The molecule has 1 unspecified atom stereocenters. The van der Waals surface area contributed by atoms with Gasteiger partial charge in [0.1, 0.15) is 11.6 Å². The number of hydrogen-bond acceptors (Lipinski definition) is 5. The Balaban J connectivity index is 1.63. The van der Waals surface area contributed by atoms with Crippen LogP contribution in [0.3, 0.4) is 0 Å². The van der Waals surface area contributed by atoms with Gasteiger partial charge in [0, 0.05) is 31.2 Å². The number of aromatic nitrogens is 2. The number of benzene rings is 2. The van der Waals surface area contributed by atoms with Crippen molar-refractivity contribution in [2.75, 3.05) is 19.1 Å². The van der Waals surface area contributed by atoms with Crippen LogP contribution in [0.25, 0.3) is 11.0 Å². The summed E-state index contributed by atoms with van der Waals surface area (Å²) < 4.78 is 26.4. The van der Waals surface area contributed by atoms with Crippen molar-refractivity contribution >= 4 is 28.8 Å². The average molecular weight is 524 g/mol. The molecule has 1 aliphatic carbocycles. The molecular formula is C29H34FN3O5. The third-order valence-electron chi connectivity index (χ3n) is 8.20. The van der Waals surface area contributed by atoms with Gasteiger partial charge >= 0.3 is 12.1 Å². The van der Waals surface area contributed by atoms with Gasteiger partial charge in [-0.25, -0.2) is 14.2 Å². The number of amides is 1. The minimum absolute atomic E-state index is 0.00635. The molecule has 0 bridgehead atoms. The molecule has 5 rings (SSSR count). The number of ether oxygens (including phenoxy) is 2. The van der Waals surface area contributed by atoms with Crippen LogP contribution in [0.2, 0.25) is 0 Å². The molecule has 1 N–H and O–H groups in total. The molecule has 0 saturated heterocycles. The summed E-state index contributed by atoms with van der Waals surface area (Å²) in [5, 5.41) is 10.1. The summed E-state index contributed by atoms with van der Waals surface area (Å²) in [6.45, 7) is 2.00. The van der Waals surface area contributed by atoms with Crippen LogP contribution in [-0.4, -0.2) is 53.1 Å². The van der Waals surface area contributed by atoms with Gasteiger partial charge in [0.25, 0.3) is 0 Å². The van der Waals surface area contributed by atoms with Crippen LogP contribution in [-0.2, 0) is 27.1 Å². The number of rotatable bonds is 6. The summed E-state index contributed by atoms with van der Waals surface area (Å²) >= 11 is 0. The van der Waals surface area contributed by atoms with Crippen molar-refractivity contribution in [1.29, 1.82) is 0 Å². The van der Waals surface area contributed by atoms with Gasteiger partial charge in [0.05, 0.1) is 35.9 Å². The lowest BCUT2D eigenvalue weighted by Crippen LogP contribution is -2.42. The second-order valence-electron chi connectivity index (χ2n) is 10.4. The van der Waals surface area contributed by atoms with Crippen molar-refractivity contribution in [3.8, 4) is 0 Å². The lowest BCUT2D eigenvalue weighted by Gasteiger charge is -2.34. The molecule has 2 aliphatic rings. The van der Waals surface area contributed by atoms with Gasteiger partial charge in [-0.2, -0.15) is 0 Å². The molecule has 0 radical (unpaired) electrons. The van der Waals surface area contributed by atoms with Crippen LogP contribution in [0.1, 0.15) is 67.9 Å². The van der Waals surface area contributed by atoms with Crippen LogP contribution in [0.15, 0.2) is 36.4 Å². The second-order valence-corrected chi connectivity index (χ2v) is 10.4. The van der Waals surface area contributed by atoms with Gasteiger partial charge in [-0.1, -0.05) is 12.1 Å². The number of carbonyl (C=O) groups excluding carboxylic acids is 1. The number of carboxylic acid groups (broad SMARTS) is 1. The van der Waals surface area contributed by atoms with Crippen molar-refractivity contribution in [2.24, 2.45) is 0 Å². The van der Waals surface area contributed by atoms with E-state index in [1.165, 1.54) is 31.4 Å². The zero-order valence-corrected chi connectivity index (χ0v) is 22.0. The van der Waals surface area contributed by atoms with Crippen molar-refractivity contribution in [3.05, 3.63) is 59.2 Å². The van der Waals surface area contributed by atoms with Gasteiger partial charge in [0.15, 0.2) is 0 Å². The van der Waals surface area contributed by atoms with Crippen molar-refractivity contribution in [1.82, 2.24) is 9.55 Å². The molecule has 9 heteroatoms. The van der Waals surface area contributed by atoms with Crippen LogP contribution in [0.4, 0.5) is 14.9 Å². The van der Waals surface area contributed by atoms with Crippen LogP contribution in [0.5, 0.6) is 0 Å². The van der Waals surface area contributed by atoms with Crippen LogP contribution in [0, 0.1) is 5.82 Å². The van der Waals surface area contributed by atoms with Crippen LogP contribution >= 0.6 is 0 Å². The Hall–Kier alpha value is -3.46. The minimum Gasteiger partial charge on any atom is -0.481 e. The van der Waals surface area contributed by atoms with Gasteiger partial charge in [-0.05, 0) is 75.3 Å². The van der Waals surface area contributed by atoms with Crippen molar-refractivity contribution in [3.63, 3.8) is 0 Å². The number of carbonyl (C=O) groups is 2. The molecule has 0 spiro atoms. The first kappa shape index (κ1) is 26.2. The lowest BCUT2D eigenvalue weighted by atomic mass is 9.91. The molecule has 38 heavy (non-hydrogen) atoms. The third-order valence-corrected chi connectivity index (χ3v) is 8.20. The smallest absolute Gasteiger partial charge is 0.414 e. The Bertz CT molecular complexity index is 1330. The van der Waals surface area contributed by atoms with Gasteiger partial charge in [-0.3, -0.25) is 9.69 Å². The molecular weight excluding hydrogens is 489 g/mol. The van der Waals surface area contributed by atoms with Gasteiger partial charge in [-0.15, -0.1) is 0 Å². The number of nitrogens with zero attached hydrogens (tertiary/aromatic N) is 3. The quantitative estimate of drug-likeness (QED) is 0.451. The zero-order chi connectivity index (χ0) is 27.0. The van der Waals surface area contributed by atoms with Gasteiger partial charge in [0.2, 0.25) is 0 Å². The fourth-order valence-electron chi connectivity index (χ4n) is 6.14. The van der Waals surface area contributed by atoms with E-state index < -0.39 is 23.8 Å². The van der Waals surface area contributed by atoms with E-state index in [0.29, 0.717) is 11.4 Å². The Labute approximate surface area is 221 Å². The Kier molecular flexibility index (Phi) is 7.38. The summed E-state index contributed by atoms with van der Waals surface area (Å²) in [5.74, 6) is -1.57. The summed E-state index contributed by atoms with van der Waals surface area (Å²) in [7, 11) is 3.12. The molecule has 1 aliphatic heterocycles. The second kappa shape index (κ2) is 10.7. The van der Waals surface area contributed by atoms with E-state index >= 15 is 0 Å². The van der Waals surface area contributed by atoms with Crippen molar-refractivity contribution < 1.29 is 28.6 Å². The lowest BCUT2D eigenvalue weighted by molar-refractivity contribution is -0.138. The SMILES string of the molecule is COC(=O)N1c2ccc3c(nc(CC(C(=O)O)c4ccc(F)cc4)n3[C@H]3CC[C@H](OC)CC3)c2CC[C@@H]1C. The maximum absolute atomic E-state index is 13.6. The van der Waals surface area contributed by atoms with E-state index in [1.54, 1.807) is 12.0 Å². The molecule has 1 amide bonds. The van der Waals surface area contributed by atoms with E-state index in [0.717, 1.165) is 60.8 Å². The van der Waals surface area contributed by atoms with E-state index in [4.69, 9.17) is 14.5 Å². The maximum Gasteiger partial charge on any atom is 0.414 e. The first-order valence-electron chi connectivity index (χ1n) is 13.2. The summed E-state index contributed by atoms with van der Waals surface area (Å²) in [6.07, 6.45) is 5.14. The first-order chi connectivity index (χ1) is 18.3. The summed E-state index contributed by atoms with van der Waals surface area (Å²) in [5.41, 5.74) is 4.05. The topological polar surface area (TPSA) is 93.9 Å². The predicted octanol–water partition coefficient (Wildman–Crippen LogP) is 5.62.